The van der Waals surface area contributed by atoms with E-state index < -0.39 is 5.60 Å². The van der Waals surface area contributed by atoms with Crippen LogP contribution in [0.3, 0.4) is 0 Å². The van der Waals surface area contributed by atoms with Gasteiger partial charge in [-0.05, 0) is 26.2 Å². The summed E-state index contributed by atoms with van der Waals surface area (Å²) in [4.78, 5) is 0. The first-order chi connectivity index (χ1) is 5.62. The number of aliphatic hydroxyl groups is 1. The third-order valence-electron chi connectivity index (χ3n) is 2.21. The van der Waals surface area contributed by atoms with Gasteiger partial charge in [0.2, 0.25) is 0 Å². The maximum atomic E-state index is 9.82. The highest BCUT2D eigenvalue weighted by atomic mass is 16.3. The number of allylic oxidation sites excluding steroid dienone is 1. The summed E-state index contributed by atoms with van der Waals surface area (Å²) in [5.74, 6) is 0. The largest absolute Gasteiger partial charge is 0.390 e. The van der Waals surface area contributed by atoms with Crippen LogP contribution in [0.25, 0.3) is 0 Å². The highest BCUT2D eigenvalue weighted by molar-refractivity contribution is 4.77. The van der Waals surface area contributed by atoms with Gasteiger partial charge in [0.25, 0.3) is 0 Å². The van der Waals surface area contributed by atoms with Gasteiger partial charge in [0.1, 0.15) is 0 Å². The van der Waals surface area contributed by atoms with E-state index in [1.54, 1.807) is 0 Å². The smallest absolute Gasteiger partial charge is 0.0622 e. The van der Waals surface area contributed by atoms with Crippen LogP contribution in [0.2, 0.25) is 0 Å². The SMILES string of the molecule is C=CCCC(C)(O)CCCCC. The minimum absolute atomic E-state index is 0.469. The second-order valence-corrected chi connectivity index (χ2v) is 3.78. The summed E-state index contributed by atoms with van der Waals surface area (Å²) in [7, 11) is 0. The van der Waals surface area contributed by atoms with E-state index in [9.17, 15) is 5.11 Å². The van der Waals surface area contributed by atoms with E-state index >= 15 is 0 Å². The zero-order valence-corrected chi connectivity index (χ0v) is 8.47. The van der Waals surface area contributed by atoms with Crippen LogP contribution in [0.15, 0.2) is 12.7 Å². The van der Waals surface area contributed by atoms with Gasteiger partial charge in [-0.2, -0.15) is 0 Å². The number of unbranched alkanes of at least 4 members (excludes halogenated alkanes) is 2. The van der Waals surface area contributed by atoms with E-state index in [0.717, 1.165) is 25.7 Å². The van der Waals surface area contributed by atoms with Crippen molar-refractivity contribution < 1.29 is 5.11 Å². The third kappa shape index (κ3) is 6.41. The van der Waals surface area contributed by atoms with Crippen molar-refractivity contribution in [3.05, 3.63) is 12.7 Å². The fourth-order valence-corrected chi connectivity index (χ4v) is 1.29. The molecule has 0 aliphatic rings. The topological polar surface area (TPSA) is 20.2 Å². The molecule has 0 fully saturated rings. The van der Waals surface area contributed by atoms with Crippen LogP contribution < -0.4 is 0 Å². The van der Waals surface area contributed by atoms with Crippen LogP contribution in [0.5, 0.6) is 0 Å². The fraction of sp³-hybridized carbons (Fsp3) is 0.818. The number of hydrogen-bond acceptors (Lipinski definition) is 1. The van der Waals surface area contributed by atoms with E-state index in [4.69, 9.17) is 0 Å². The summed E-state index contributed by atoms with van der Waals surface area (Å²) in [6, 6.07) is 0. The molecule has 0 saturated carbocycles. The Morgan fingerprint density at radius 1 is 1.33 bits per heavy atom. The van der Waals surface area contributed by atoms with Crippen molar-refractivity contribution >= 4 is 0 Å². The normalized spacial score (nSPS) is 15.6. The molecule has 0 radical (unpaired) electrons. The van der Waals surface area contributed by atoms with Gasteiger partial charge in [-0.15, -0.1) is 6.58 Å². The Labute approximate surface area is 76.5 Å². The maximum absolute atomic E-state index is 9.82. The summed E-state index contributed by atoms with van der Waals surface area (Å²) in [6.45, 7) is 7.75. The Morgan fingerprint density at radius 3 is 2.50 bits per heavy atom. The quantitative estimate of drug-likeness (QED) is 0.459. The molecule has 0 spiro atoms. The summed E-state index contributed by atoms with van der Waals surface area (Å²) in [6.07, 6.45) is 8.14. The van der Waals surface area contributed by atoms with Crippen LogP contribution in [0.1, 0.15) is 52.4 Å². The molecule has 0 bridgehead atoms. The Hall–Kier alpha value is -0.300. The van der Waals surface area contributed by atoms with Gasteiger partial charge >= 0.3 is 0 Å². The average molecular weight is 170 g/mol. The van der Waals surface area contributed by atoms with E-state index in [0.29, 0.717) is 0 Å². The summed E-state index contributed by atoms with van der Waals surface area (Å²) >= 11 is 0. The fourth-order valence-electron chi connectivity index (χ4n) is 1.29. The Morgan fingerprint density at radius 2 is 2.00 bits per heavy atom. The van der Waals surface area contributed by atoms with Gasteiger partial charge in [-0.25, -0.2) is 0 Å². The van der Waals surface area contributed by atoms with Crippen LogP contribution >= 0.6 is 0 Å². The third-order valence-corrected chi connectivity index (χ3v) is 2.21. The molecule has 1 unspecified atom stereocenters. The molecule has 1 N–H and O–H groups in total. The minimum Gasteiger partial charge on any atom is -0.390 e. The molecule has 1 nitrogen and oxygen atoms in total. The lowest BCUT2D eigenvalue weighted by molar-refractivity contribution is 0.0404. The Kier molecular flexibility index (Phi) is 6.09. The second kappa shape index (κ2) is 6.24. The molecule has 0 aliphatic carbocycles. The number of rotatable bonds is 7. The first kappa shape index (κ1) is 11.7. The minimum atomic E-state index is -0.469. The lowest BCUT2D eigenvalue weighted by Crippen LogP contribution is -2.23. The lowest BCUT2D eigenvalue weighted by Gasteiger charge is -2.22. The van der Waals surface area contributed by atoms with Gasteiger partial charge < -0.3 is 5.11 Å². The average Bonchev–Trinajstić information content (AvgIpc) is 2.01. The van der Waals surface area contributed by atoms with Crippen molar-refractivity contribution in [1.82, 2.24) is 0 Å². The van der Waals surface area contributed by atoms with Crippen molar-refractivity contribution in [2.45, 2.75) is 58.0 Å². The lowest BCUT2D eigenvalue weighted by atomic mass is 9.93. The van der Waals surface area contributed by atoms with Crippen molar-refractivity contribution in [3.63, 3.8) is 0 Å². The molecule has 0 aromatic carbocycles. The second-order valence-electron chi connectivity index (χ2n) is 3.78. The molecule has 12 heavy (non-hydrogen) atoms. The Bertz CT molecular complexity index is 116. The van der Waals surface area contributed by atoms with E-state index in [-0.39, 0.29) is 0 Å². The molecule has 0 aliphatic heterocycles. The van der Waals surface area contributed by atoms with Gasteiger partial charge in [0, 0.05) is 0 Å². The van der Waals surface area contributed by atoms with Gasteiger partial charge in [0.05, 0.1) is 5.60 Å². The van der Waals surface area contributed by atoms with Gasteiger partial charge in [-0.3, -0.25) is 0 Å². The molecule has 0 heterocycles. The summed E-state index contributed by atoms with van der Waals surface area (Å²) in [5, 5.41) is 9.82. The van der Waals surface area contributed by atoms with E-state index in [2.05, 4.69) is 13.5 Å². The van der Waals surface area contributed by atoms with E-state index in [1.165, 1.54) is 12.8 Å². The molecular weight excluding hydrogens is 148 g/mol. The zero-order chi connectivity index (χ0) is 9.45. The van der Waals surface area contributed by atoms with Crippen LogP contribution in [-0.2, 0) is 0 Å². The standard InChI is InChI=1S/C11H22O/c1-4-6-8-10-11(3,12)9-7-5-2/h5,12H,2,4,6-10H2,1,3H3. The molecule has 72 valence electrons. The van der Waals surface area contributed by atoms with Gasteiger partial charge in [-0.1, -0.05) is 32.3 Å². The maximum Gasteiger partial charge on any atom is 0.0622 e. The van der Waals surface area contributed by atoms with Crippen LogP contribution in [0.4, 0.5) is 0 Å². The molecule has 0 aromatic heterocycles. The monoisotopic (exact) mass is 170 g/mol. The van der Waals surface area contributed by atoms with Crippen LogP contribution in [-0.4, -0.2) is 10.7 Å². The summed E-state index contributed by atoms with van der Waals surface area (Å²) in [5.41, 5.74) is -0.469. The predicted molar refractivity (Wildman–Crippen MR) is 54.2 cm³/mol. The molecule has 0 rings (SSSR count). The summed E-state index contributed by atoms with van der Waals surface area (Å²) < 4.78 is 0. The van der Waals surface area contributed by atoms with Crippen molar-refractivity contribution in [2.75, 3.05) is 0 Å². The van der Waals surface area contributed by atoms with Gasteiger partial charge in [0.15, 0.2) is 0 Å². The first-order valence-corrected chi connectivity index (χ1v) is 4.95. The number of hydrogen-bond donors (Lipinski definition) is 1. The highest BCUT2D eigenvalue weighted by Crippen LogP contribution is 2.20. The van der Waals surface area contributed by atoms with E-state index in [1.807, 2.05) is 13.0 Å². The molecule has 0 saturated heterocycles. The highest BCUT2D eigenvalue weighted by Gasteiger charge is 2.17. The van der Waals surface area contributed by atoms with Crippen molar-refractivity contribution in [2.24, 2.45) is 0 Å². The molecule has 1 heteroatoms. The predicted octanol–water partition coefficient (Wildman–Crippen LogP) is 3.28. The zero-order valence-electron chi connectivity index (χ0n) is 8.47. The molecule has 0 amide bonds. The first-order valence-electron chi connectivity index (χ1n) is 4.95. The Balaban J connectivity index is 3.48. The molecular formula is C11H22O. The molecule has 0 aromatic rings. The molecule has 1 atom stereocenters. The van der Waals surface area contributed by atoms with Crippen molar-refractivity contribution in [1.29, 1.82) is 0 Å². The van der Waals surface area contributed by atoms with Crippen molar-refractivity contribution in [3.8, 4) is 0 Å². The van der Waals surface area contributed by atoms with Crippen LogP contribution in [0, 0.1) is 0 Å².